The van der Waals surface area contributed by atoms with Gasteiger partial charge in [-0.05, 0) is 37.8 Å². The Morgan fingerprint density at radius 2 is 2.29 bits per heavy atom. The highest BCUT2D eigenvalue weighted by molar-refractivity contribution is 5.91. The molecular weight excluding hydrogens is 180 g/mol. The Kier molecular flexibility index (Phi) is 3.89. The fourth-order valence-corrected chi connectivity index (χ4v) is 1.67. The summed E-state index contributed by atoms with van der Waals surface area (Å²) in [6.07, 6.45) is 3.71. The molecule has 0 fully saturated rings. The van der Waals surface area contributed by atoms with Crippen LogP contribution in [0.3, 0.4) is 0 Å². The van der Waals surface area contributed by atoms with Crippen LogP contribution in [0.5, 0.6) is 0 Å². The summed E-state index contributed by atoms with van der Waals surface area (Å²) in [6.45, 7) is 3.88. The lowest BCUT2D eigenvalue weighted by atomic mass is 10.1. The molecule has 0 aliphatic heterocycles. The Labute approximate surface area is 84.1 Å². The second-order valence-corrected chi connectivity index (χ2v) is 3.28. The van der Waals surface area contributed by atoms with Gasteiger partial charge in [0.25, 0.3) is 0 Å². The van der Waals surface area contributed by atoms with Crippen LogP contribution in [0.15, 0.2) is 22.8 Å². The summed E-state index contributed by atoms with van der Waals surface area (Å²) >= 11 is 0. The molecule has 0 atom stereocenters. The number of aliphatic hydroxyl groups is 1. The van der Waals surface area contributed by atoms with Crippen LogP contribution in [-0.2, 0) is 9.53 Å². The summed E-state index contributed by atoms with van der Waals surface area (Å²) < 4.78 is 4.86. The van der Waals surface area contributed by atoms with Crippen LogP contribution in [0.25, 0.3) is 0 Å². The largest absolute Gasteiger partial charge is 0.460 e. The minimum Gasteiger partial charge on any atom is -0.460 e. The van der Waals surface area contributed by atoms with Crippen molar-refractivity contribution in [3.8, 4) is 0 Å². The summed E-state index contributed by atoms with van der Waals surface area (Å²) in [7, 11) is 0. The van der Waals surface area contributed by atoms with Gasteiger partial charge in [-0.15, -0.1) is 0 Å². The molecule has 0 heterocycles. The molecule has 1 rings (SSSR count). The van der Waals surface area contributed by atoms with Crippen molar-refractivity contribution in [1.82, 2.24) is 0 Å². The monoisotopic (exact) mass is 196 g/mol. The minimum absolute atomic E-state index is 0.0841. The SMILES string of the molecule is C/C=C1/CCC(C(=O)OCCO)=C1C. The second kappa shape index (κ2) is 4.96. The molecule has 0 bridgehead atoms. The van der Waals surface area contributed by atoms with E-state index in [0.717, 1.165) is 24.0 Å². The highest BCUT2D eigenvalue weighted by Crippen LogP contribution is 2.31. The van der Waals surface area contributed by atoms with E-state index < -0.39 is 0 Å². The molecule has 78 valence electrons. The molecule has 0 amide bonds. The molecule has 0 aromatic rings. The van der Waals surface area contributed by atoms with Gasteiger partial charge in [-0.1, -0.05) is 6.08 Å². The van der Waals surface area contributed by atoms with E-state index in [4.69, 9.17) is 9.84 Å². The molecule has 1 aliphatic rings. The number of carbonyl (C=O) groups is 1. The lowest BCUT2D eigenvalue weighted by molar-refractivity contribution is -0.140. The maximum absolute atomic E-state index is 11.5. The first-order valence-corrected chi connectivity index (χ1v) is 4.84. The summed E-state index contributed by atoms with van der Waals surface area (Å²) in [4.78, 5) is 11.5. The first-order chi connectivity index (χ1) is 6.70. The Morgan fingerprint density at radius 3 is 2.79 bits per heavy atom. The van der Waals surface area contributed by atoms with Gasteiger partial charge in [0.2, 0.25) is 0 Å². The van der Waals surface area contributed by atoms with E-state index in [0.29, 0.717) is 0 Å². The van der Waals surface area contributed by atoms with E-state index >= 15 is 0 Å². The Balaban J connectivity index is 2.69. The van der Waals surface area contributed by atoms with Gasteiger partial charge in [0.05, 0.1) is 6.61 Å². The smallest absolute Gasteiger partial charge is 0.334 e. The van der Waals surface area contributed by atoms with Crippen LogP contribution in [0.4, 0.5) is 0 Å². The lowest BCUT2D eigenvalue weighted by Gasteiger charge is -2.03. The number of hydrogen-bond donors (Lipinski definition) is 1. The zero-order valence-corrected chi connectivity index (χ0v) is 8.67. The Hall–Kier alpha value is -1.09. The minimum atomic E-state index is -0.284. The predicted octanol–water partition coefficient (Wildman–Crippen LogP) is 1.58. The number of carbonyl (C=O) groups excluding carboxylic acids is 1. The number of esters is 1. The number of rotatable bonds is 3. The quantitative estimate of drug-likeness (QED) is 0.697. The molecular formula is C11H16O3. The highest BCUT2D eigenvalue weighted by Gasteiger charge is 2.22. The normalized spacial score (nSPS) is 19.2. The fraction of sp³-hybridized carbons (Fsp3) is 0.545. The van der Waals surface area contributed by atoms with Gasteiger partial charge < -0.3 is 9.84 Å². The van der Waals surface area contributed by atoms with Crippen molar-refractivity contribution in [3.05, 3.63) is 22.8 Å². The maximum atomic E-state index is 11.5. The average molecular weight is 196 g/mol. The zero-order valence-electron chi connectivity index (χ0n) is 8.67. The fourth-order valence-electron chi connectivity index (χ4n) is 1.67. The molecule has 3 heteroatoms. The van der Waals surface area contributed by atoms with Gasteiger partial charge >= 0.3 is 5.97 Å². The number of aliphatic hydroxyl groups excluding tert-OH is 1. The number of hydrogen-bond acceptors (Lipinski definition) is 3. The van der Waals surface area contributed by atoms with Gasteiger partial charge in [0.15, 0.2) is 0 Å². The van der Waals surface area contributed by atoms with Gasteiger partial charge in [-0.3, -0.25) is 0 Å². The van der Waals surface area contributed by atoms with E-state index in [2.05, 4.69) is 0 Å². The van der Waals surface area contributed by atoms with E-state index in [1.54, 1.807) is 0 Å². The first kappa shape index (κ1) is 11.0. The topological polar surface area (TPSA) is 46.5 Å². The molecule has 0 saturated carbocycles. The van der Waals surface area contributed by atoms with E-state index in [1.807, 2.05) is 19.9 Å². The summed E-state index contributed by atoms with van der Waals surface area (Å²) in [5, 5.41) is 8.52. The van der Waals surface area contributed by atoms with E-state index in [1.165, 1.54) is 5.57 Å². The maximum Gasteiger partial charge on any atom is 0.334 e. The molecule has 0 saturated heterocycles. The second-order valence-electron chi connectivity index (χ2n) is 3.28. The van der Waals surface area contributed by atoms with Crippen molar-refractivity contribution < 1.29 is 14.6 Å². The molecule has 0 unspecified atom stereocenters. The van der Waals surface area contributed by atoms with Crippen molar-refractivity contribution in [2.24, 2.45) is 0 Å². The van der Waals surface area contributed by atoms with Gasteiger partial charge in [0.1, 0.15) is 6.61 Å². The van der Waals surface area contributed by atoms with E-state index in [9.17, 15) is 4.79 Å². The highest BCUT2D eigenvalue weighted by atomic mass is 16.5. The average Bonchev–Trinajstić information content (AvgIpc) is 2.56. The summed E-state index contributed by atoms with van der Waals surface area (Å²) in [5.74, 6) is -0.284. The number of allylic oxidation sites excluding steroid dienone is 3. The molecule has 1 aliphatic carbocycles. The summed E-state index contributed by atoms with van der Waals surface area (Å²) in [6, 6.07) is 0. The van der Waals surface area contributed by atoms with Crippen molar-refractivity contribution in [3.63, 3.8) is 0 Å². The van der Waals surface area contributed by atoms with Crippen LogP contribution >= 0.6 is 0 Å². The zero-order chi connectivity index (χ0) is 10.6. The van der Waals surface area contributed by atoms with Crippen molar-refractivity contribution in [1.29, 1.82) is 0 Å². The molecule has 0 aromatic carbocycles. The van der Waals surface area contributed by atoms with Crippen molar-refractivity contribution in [2.75, 3.05) is 13.2 Å². The van der Waals surface area contributed by atoms with Crippen molar-refractivity contribution in [2.45, 2.75) is 26.7 Å². The molecule has 0 spiro atoms. The van der Waals surface area contributed by atoms with Gasteiger partial charge in [0, 0.05) is 5.57 Å². The third-order valence-corrected chi connectivity index (χ3v) is 2.50. The van der Waals surface area contributed by atoms with Crippen molar-refractivity contribution >= 4 is 5.97 Å². The van der Waals surface area contributed by atoms with Crippen LogP contribution in [0.2, 0.25) is 0 Å². The Morgan fingerprint density at radius 1 is 1.57 bits per heavy atom. The Bertz CT molecular complexity index is 287. The van der Waals surface area contributed by atoms with Crippen LogP contribution in [-0.4, -0.2) is 24.3 Å². The molecule has 1 N–H and O–H groups in total. The third-order valence-electron chi connectivity index (χ3n) is 2.50. The molecule has 0 radical (unpaired) electrons. The third kappa shape index (κ3) is 2.23. The lowest BCUT2D eigenvalue weighted by Crippen LogP contribution is -2.10. The predicted molar refractivity (Wildman–Crippen MR) is 53.7 cm³/mol. The van der Waals surface area contributed by atoms with E-state index in [-0.39, 0.29) is 19.2 Å². The summed E-state index contributed by atoms with van der Waals surface area (Å²) in [5.41, 5.74) is 3.02. The van der Waals surface area contributed by atoms with Gasteiger partial charge in [-0.2, -0.15) is 0 Å². The first-order valence-electron chi connectivity index (χ1n) is 4.84. The van der Waals surface area contributed by atoms with Gasteiger partial charge in [-0.25, -0.2) is 4.79 Å². The molecule has 0 aromatic heterocycles. The van der Waals surface area contributed by atoms with Crippen LogP contribution < -0.4 is 0 Å². The molecule has 14 heavy (non-hydrogen) atoms. The van der Waals surface area contributed by atoms with Crippen LogP contribution in [0, 0.1) is 0 Å². The van der Waals surface area contributed by atoms with Crippen LogP contribution in [0.1, 0.15) is 26.7 Å². The standard InChI is InChI=1S/C11H16O3/c1-3-9-4-5-10(8(9)2)11(13)14-7-6-12/h3,12H,4-7H2,1-2H3/b9-3-. The molecule has 3 nitrogen and oxygen atoms in total. The number of ether oxygens (including phenoxy) is 1.